The molecule has 5 aromatic rings. The van der Waals surface area contributed by atoms with E-state index in [4.69, 9.17) is 4.98 Å². The minimum atomic E-state index is -0.0708. The summed E-state index contributed by atoms with van der Waals surface area (Å²) in [6.07, 6.45) is 0. The van der Waals surface area contributed by atoms with Gasteiger partial charge < -0.3 is 5.32 Å². The summed E-state index contributed by atoms with van der Waals surface area (Å²) in [5.41, 5.74) is 8.28. The van der Waals surface area contributed by atoms with Crippen LogP contribution in [-0.2, 0) is 0 Å². The number of fused-ring (bicyclic) bond motifs is 1. The van der Waals surface area contributed by atoms with Crippen molar-refractivity contribution < 1.29 is 0 Å². The molecule has 0 aliphatic carbocycles. The van der Waals surface area contributed by atoms with Crippen molar-refractivity contribution in [3.8, 4) is 11.3 Å². The van der Waals surface area contributed by atoms with Crippen molar-refractivity contribution in [1.29, 1.82) is 0 Å². The van der Waals surface area contributed by atoms with Crippen LogP contribution >= 0.6 is 0 Å². The maximum atomic E-state index is 5.25. The molecule has 36 heavy (non-hydrogen) atoms. The summed E-state index contributed by atoms with van der Waals surface area (Å²) in [5.74, 6) is 0.829. The Morgan fingerprint density at radius 3 is 1.92 bits per heavy atom. The average Bonchev–Trinajstić information content (AvgIpc) is 2.91. The van der Waals surface area contributed by atoms with Gasteiger partial charge in [0.2, 0.25) is 0 Å². The zero-order valence-electron chi connectivity index (χ0n) is 21.6. The Kier molecular flexibility index (Phi) is 6.86. The number of rotatable bonds is 7. The number of hydrogen-bond acceptors (Lipinski definition) is 2. The number of aromatic nitrogens is 1. The first-order chi connectivity index (χ1) is 17.5. The van der Waals surface area contributed by atoms with Crippen molar-refractivity contribution in [2.75, 3.05) is 5.32 Å². The van der Waals surface area contributed by atoms with Crippen LogP contribution in [0.15, 0.2) is 109 Å². The fraction of sp³-hybridized carbons (Fsp3) is 0.206. The molecule has 2 heteroatoms. The van der Waals surface area contributed by atoms with Gasteiger partial charge in [0.15, 0.2) is 0 Å². The number of pyridine rings is 1. The molecule has 1 aromatic heterocycles. The van der Waals surface area contributed by atoms with E-state index in [-0.39, 0.29) is 6.04 Å². The summed E-state index contributed by atoms with van der Waals surface area (Å²) in [6.45, 7) is 9.06. The highest BCUT2D eigenvalue weighted by atomic mass is 15.0. The zero-order valence-corrected chi connectivity index (χ0v) is 21.6. The molecule has 0 fully saturated rings. The molecule has 4 aromatic carbocycles. The number of anilines is 1. The Labute approximate surface area is 215 Å². The largest absolute Gasteiger partial charge is 0.372 e. The SMILES string of the molecule is CC(C)c1cccc(C(C)C)c1NC(c1ccccc1)c1cccc(-c2cccc3ccccc23)n1. The van der Waals surface area contributed by atoms with E-state index in [1.807, 2.05) is 0 Å². The first kappa shape index (κ1) is 23.8. The second kappa shape index (κ2) is 10.4. The number of hydrogen-bond donors (Lipinski definition) is 1. The van der Waals surface area contributed by atoms with E-state index in [1.54, 1.807) is 0 Å². The Morgan fingerprint density at radius 1 is 0.583 bits per heavy atom. The Bertz CT molecular complexity index is 1440. The lowest BCUT2D eigenvalue weighted by molar-refractivity contribution is 0.814. The van der Waals surface area contributed by atoms with Crippen molar-refractivity contribution in [1.82, 2.24) is 4.98 Å². The third-order valence-electron chi connectivity index (χ3n) is 6.93. The van der Waals surface area contributed by atoms with Gasteiger partial charge in [-0.2, -0.15) is 0 Å². The van der Waals surface area contributed by atoms with Gasteiger partial charge in [-0.05, 0) is 51.4 Å². The number of para-hydroxylation sites is 1. The van der Waals surface area contributed by atoms with Gasteiger partial charge in [0, 0.05) is 11.3 Å². The van der Waals surface area contributed by atoms with E-state index < -0.39 is 0 Å². The lowest BCUT2D eigenvalue weighted by Crippen LogP contribution is -2.17. The van der Waals surface area contributed by atoms with Gasteiger partial charge >= 0.3 is 0 Å². The van der Waals surface area contributed by atoms with Crippen molar-refractivity contribution in [2.24, 2.45) is 0 Å². The van der Waals surface area contributed by atoms with E-state index in [2.05, 4.69) is 142 Å². The van der Waals surface area contributed by atoms with Gasteiger partial charge in [0.25, 0.3) is 0 Å². The fourth-order valence-corrected chi connectivity index (χ4v) is 5.05. The third-order valence-corrected chi connectivity index (χ3v) is 6.93. The van der Waals surface area contributed by atoms with E-state index in [0.29, 0.717) is 11.8 Å². The second-order valence-electron chi connectivity index (χ2n) is 10.1. The van der Waals surface area contributed by atoms with Crippen LogP contribution in [0.5, 0.6) is 0 Å². The number of nitrogens with zero attached hydrogens (tertiary/aromatic N) is 1. The summed E-state index contributed by atoms with van der Waals surface area (Å²) in [4.78, 5) is 5.25. The summed E-state index contributed by atoms with van der Waals surface area (Å²) in [7, 11) is 0. The maximum absolute atomic E-state index is 5.25. The molecule has 1 N–H and O–H groups in total. The molecule has 0 spiro atoms. The first-order valence-electron chi connectivity index (χ1n) is 12.9. The van der Waals surface area contributed by atoms with Crippen molar-refractivity contribution >= 4 is 16.5 Å². The van der Waals surface area contributed by atoms with Crippen LogP contribution in [0.1, 0.15) is 68.0 Å². The summed E-state index contributed by atoms with van der Waals surface area (Å²) < 4.78 is 0. The molecule has 180 valence electrons. The summed E-state index contributed by atoms with van der Waals surface area (Å²) in [5, 5.41) is 6.42. The Hall–Kier alpha value is -3.91. The minimum absolute atomic E-state index is 0.0708. The van der Waals surface area contributed by atoms with Gasteiger partial charge in [-0.25, -0.2) is 0 Å². The van der Waals surface area contributed by atoms with Crippen LogP contribution < -0.4 is 5.32 Å². The van der Waals surface area contributed by atoms with Gasteiger partial charge in [-0.15, -0.1) is 0 Å². The lowest BCUT2D eigenvalue weighted by atomic mass is 9.91. The Balaban J connectivity index is 1.65. The predicted octanol–water partition coefficient (Wildman–Crippen LogP) is 9.35. The van der Waals surface area contributed by atoms with Crippen molar-refractivity contribution in [2.45, 2.75) is 45.6 Å². The van der Waals surface area contributed by atoms with E-state index in [1.165, 1.54) is 33.2 Å². The Morgan fingerprint density at radius 2 is 1.19 bits per heavy atom. The van der Waals surface area contributed by atoms with Crippen LogP contribution in [0.25, 0.3) is 22.0 Å². The molecule has 1 unspecified atom stereocenters. The molecule has 2 nitrogen and oxygen atoms in total. The van der Waals surface area contributed by atoms with Gasteiger partial charge in [-0.3, -0.25) is 4.98 Å². The monoisotopic (exact) mass is 470 g/mol. The molecule has 0 aliphatic rings. The maximum Gasteiger partial charge on any atom is 0.0940 e. The summed E-state index contributed by atoms with van der Waals surface area (Å²) in [6, 6.07) is 38.7. The van der Waals surface area contributed by atoms with E-state index in [0.717, 1.165) is 17.0 Å². The van der Waals surface area contributed by atoms with Crippen LogP contribution in [0.4, 0.5) is 5.69 Å². The van der Waals surface area contributed by atoms with Crippen LogP contribution in [0.2, 0.25) is 0 Å². The second-order valence-corrected chi connectivity index (χ2v) is 10.1. The third kappa shape index (κ3) is 4.77. The highest BCUT2D eigenvalue weighted by molar-refractivity contribution is 5.95. The summed E-state index contributed by atoms with van der Waals surface area (Å²) >= 11 is 0. The molecule has 0 amide bonds. The first-order valence-corrected chi connectivity index (χ1v) is 12.9. The number of benzene rings is 4. The molecule has 0 saturated carbocycles. The molecular formula is C34H34N2. The molecule has 1 heterocycles. The number of nitrogens with one attached hydrogen (secondary N) is 1. The molecule has 0 aliphatic heterocycles. The molecule has 0 bridgehead atoms. The standard InChI is InChI=1S/C34H34N2/c1-23(2)27-18-11-19-28(24(3)4)34(27)36-33(26-14-6-5-7-15-26)32-22-12-21-31(35-32)30-20-10-16-25-13-8-9-17-29(25)30/h5-24,33,36H,1-4H3. The van der Waals surface area contributed by atoms with E-state index >= 15 is 0 Å². The topological polar surface area (TPSA) is 24.9 Å². The van der Waals surface area contributed by atoms with Crippen molar-refractivity contribution in [3.63, 3.8) is 0 Å². The molecule has 1 atom stereocenters. The van der Waals surface area contributed by atoms with Crippen molar-refractivity contribution in [3.05, 3.63) is 132 Å². The van der Waals surface area contributed by atoms with Gasteiger partial charge in [0.05, 0.1) is 17.4 Å². The highest BCUT2D eigenvalue weighted by Gasteiger charge is 2.21. The van der Waals surface area contributed by atoms with Gasteiger partial charge in [0.1, 0.15) is 0 Å². The smallest absolute Gasteiger partial charge is 0.0940 e. The van der Waals surface area contributed by atoms with E-state index in [9.17, 15) is 0 Å². The molecule has 0 saturated heterocycles. The molecule has 5 rings (SSSR count). The average molecular weight is 471 g/mol. The quantitative estimate of drug-likeness (QED) is 0.256. The van der Waals surface area contributed by atoms with Crippen LogP contribution in [0, 0.1) is 0 Å². The van der Waals surface area contributed by atoms with Crippen LogP contribution in [0.3, 0.4) is 0 Å². The van der Waals surface area contributed by atoms with Crippen LogP contribution in [-0.4, -0.2) is 4.98 Å². The lowest BCUT2D eigenvalue weighted by Gasteiger charge is -2.27. The predicted molar refractivity (Wildman–Crippen MR) is 154 cm³/mol. The fourth-order valence-electron chi connectivity index (χ4n) is 5.05. The molecular weight excluding hydrogens is 436 g/mol. The van der Waals surface area contributed by atoms with Gasteiger partial charge in [-0.1, -0.05) is 125 Å². The molecule has 0 radical (unpaired) electrons. The minimum Gasteiger partial charge on any atom is -0.372 e. The normalized spacial score (nSPS) is 12.3. The zero-order chi connectivity index (χ0) is 25.1. The highest BCUT2D eigenvalue weighted by Crippen LogP contribution is 2.37.